The summed E-state index contributed by atoms with van der Waals surface area (Å²) in [5.74, 6) is -1.21. The minimum atomic E-state index is -1.03. The van der Waals surface area contributed by atoms with Crippen molar-refractivity contribution in [3.05, 3.63) is 22.5 Å². The molecule has 0 spiro atoms. The molecular formula is C16H24N2O3. The average molecular weight is 292 g/mol. The molecule has 3 N–H and O–H groups in total. The molecule has 21 heavy (non-hydrogen) atoms. The molecule has 1 aliphatic carbocycles. The van der Waals surface area contributed by atoms with E-state index in [4.69, 9.17) is 5.11 Å². The van der Waals surface area contributed by atoms with Crippen LogP contribution in [0.25, 0.3) is 0 Å². The van der Waals surface area contributed by atoms with Crippen molar-refractivity contribution in [1.29, 1.82) is 0 Å². The van der Waals surface area contributed by atoms with Crippen molar-refractivity contribution in [2.45, 2.75) is 52.9 Å². The molecule has 2 rings (SSSR count). The molecule has 1 amide bonds. The normalized spacial score (nSPS) is 17.5. The van der Waals surface area contributed by atoms with Crippen molar-refractivity contribution in [3.63, 3.8) is 0 Å². The number of carboxylic acids is 1. The summed E-state index contributed by atoms with van der Waals surface area (Å²) in [6.45, 7) is 6.27. The second-order valence-corrected chi connectivity index (χ2v) is 6.48. The van der Waals surface area contributed by atoms with Gasteiger partial charge < -0.3 is 15.4 Å². The predicted octanol–water partition coefficient (Wildman–Crippen LogP) is 3.03. The van der Waals surface area contributed by atoms with Crippen LogP contribution in [-0.2, 0) is 0 Å². The molecule has 1 heterocycles. The first kappa shape index (κ1) is 15.6. The standard InChI is InChI=1S/C16H24N2O3/c1-10-12(11(2)18-13(10)15(20)21)14(19)17-9-16(3)7-5-4-6-8-16/h18H,4-9H2,1-3H3,(H,17,19)(H,20,21). The highest BCUT2D eigenvalue weighted by atomic mass is 16.4. The highest BCUT2D eigenvalue weighted by molar-refractivity contribution is 6.00. The minimum Gasteiger partial charge on any atom is -0.477 e. The Kier molecular flexibility index (Phi) is 4.40. The van der Waals surface area contributed by atoms with E-state index in [0.717, 1.165) is 12.8 Å². The van der Waals surface area contributed by atoms with Crippen LogP contribution in [0.1, 0.15) is 71.1 Å². The van der Waals surface area contributed by atoms with Gasteiger partial charge in [0, 0.05) is 12.2 Å². The second-order valence-electron chi connectivity index (χ2n) is 6.48. The smallest absolute Gasteiger partial charge is 0.352 e. The summed E-state index contributed by atoms with van der Waals surface area (Å²) in [5.41, 5.74) is 1.85. The maximum absolute atomic E-state index is 12.4. The lowest BCUT2D eigenvalue weighted by atomic mass is 9.76. The summed E-state index contributed by atoms with van der Waals surface area (Å²) >= 11 is 0. The van der Waals surface area contributed by atoms with Gasteiger partial charge in [-0.2, -0.15) is 0 Å². The Morgan fingerprint density at radius 1 is 1.24 bits per heavy atom. The van der Waals surface area contributed by atoms with Gasteiger partial charge in [-0.25, -0.2) is 4.79 Å². The molecule has 1 aromatic heterocycles. The number of aryl methyl sites for hydroxylation is 1. The quantitative estimate of drug-likeness (QED) is 0.797. The lowest BCUT2D eigenvalue weighted by Gasteiger charge is -2.33. The topological polar surface area (TPSA) is 82.2 Å². The van der Waals surface area contributed by atoms with Gasteiger partial charge in [-0.15, -0.1) is 0 Å². The molecule has 5 heteroatoms. The number of carbonyl (C=O) groups is 2. The van der Waals surface area contributed by atoms with E-state index in [0.29, 0.717) is 23.4 Å². The van der Waals surface area contributed by atoms with Gasteiger partial charge in [0.1, 0.15) is 5.69 Å². The zero-order valence-electron chi connectivity index (χ0n) is 13.0. The number of H-pyrrole nitrogens is 1. The number of aromatic carboxylic acids is 1. The van der Waals surface area contributed by atoms with Gasteiger partial charge in [-0.1, -0.05) is 26.2 Å². The number of nitrogens with one attached hydrogen (secondary N) is 2. The lowest BCUT2D eigenvalue weighted by Crippen LogP contribution is -2.37. The van der Waals surface area contributed by atoms with Crippen LogP contribution in [0, 0.1) is 19.3 Å². The van der Waals surface area contributed by atoms with Crippen LogP contribution in [0.2, 0.25) is 0 Å². The molecule has 0 atom stereocenters. The first-order valence-electron chi connectivity index (χ1n) is 7.55. The van der Waals surface area contributed by atoms with E-state index < -0.39 is 5.97 Å². The molecule has 1 saturated carbocycles. The molecule has 1 aliphatic rings. The molecule has 116 valence electrons. The van der Waals surface area contributed by atoms with Gasteiger partial charge in [0.05, 0.1) is 5.56 Å². The largest absolute Gasteiger partial charge is 0.477 e. The fourth-order valence-corrected chi connectivity index (χ4v) is 3.27. The summed E-state index contributed by atoms with van der Waals surface area (Å²) < 4.78 is 0. The second kappa shape index (κ2) is 5.92. The summed E-state index contributed by atoms with van der Waals surface area (Å²) in [7, 11) is 0. The lowest BCUT2D eigenvalue weighted by molar-refractivity contribution is 0.0690. The summed E-state index contributed by atoms with van der Waals surface area (Å²) in [5, 5.41) is 12.1. The molecule has 0 bridgehead atoms. The molecule has 0 unspecified atom stereocenters. The Bertz CT molecular complexity index is 554. The van der Waals surface area contributed by atoms with Gasteiger partial charge in [0.15, 0.2) is 0 Å². The van der Waals surface area contributed by atoms with Gasteiger partial charge in [0.2, 0.25) is 0 Å². The number of carboxylic acid groups (broad SMARTS) is 1. The minimum absolute atomic E-state index is 0.0986. The van der Waals surface area contributed by atoms with E-state index in [2.05, 4.69) is 17.2 Å². The number of hydrogen-bond donors (Lipinski definition) is 3. The Morgan fingerprint density at radius 3 is 2.38 bits per heavy atom. The fourth-order valence-electron chi connectivity index (χ4n) is 3.27. The van der Waals surface area contributed by atoms with Crippen LogP contribution in [0.5, 0.6) is 0 Å². The molecule has 0 radical (unpaired) electrons. The first-order chi connectivity index (χ1) is 9.84. The van der Waals surface area contributed by atoms with Crippen LogP contribution in [0.3, 0.4) is 0 Å². The third kappa shape index (κ3) is 3.28. The van der Waals surface area contributed by atoms with Crippen LogP contribution in [0.4, 0.5) is 0 Å². The van der Waals surface area contributed by atoms with Crippen molar-refractivity contribution < 1.29 is 14.7 Å². The maximum Gasteiger partial charge on any atom is 0.352 e. The molecule has 0 aliphatic heterocycles. The third-order valence-corrected chi connectivity index (χ3v) is 4.61. The van der Waals surface area contributed by atoms with Crippen molar-refractivity contribution in [3.8, 4) is 0 Å². The number of aromatic nitrogens is 1. The van der Waals surface area contributed by atoms with Crippen LogP contribution < -0.4 is 5.32 Å². The van der Waals surface area contributed by atoms with Crippen molar-refractivity contribution in [1.82, 2.24) is 10.3 Å². The van der Waals surface area contributed by atoms with Gasteiger partial charge in [-0.05, 0) is 37.7 Å². The van der Waals surface area contributed by atoms with Crippen molar-refractivity contribution in [2.75, 3.05) is 6.54 Å². The molecule has 0 saturated heterocycles. The summed E-state index contributed by atoms with van der Waals surface area (Å²) in [6.07, 6.45) is 5.99. The Labute approximate surface area is 125 Å². The number of amides is 1. The van der Waals surface area contributed by atoms with E-state index in [-0.39, 0.29) is 17.0 Å². The van der Waals surface area contributed by atoms with Crippen molar-refractivity contribution in [2.24, 2.45) is 5.41 Å². The van der Waals surface area contributed by atoms with Crippen LogP contribution in [-0.4, -0.2) is 28.5 Å². The van der Waals surface area contributed by atoms with E-state index in [9.17, 15) is 9.59 Å². The van der Waals surface area contributed by atoms with Crippen LogP contribution >= 0.6 is 0 Å². The van der Waals surface area contributed by atoms with Gasteiger partial charge in [-0.3, -0.25) is 4.79 Å². The van der Waals surface area contributed by atoms with E-state index in [1.807, 2.05) is 0 Å². The predicted molar refractivity (Wildman–Crippen MR) is 80.8 cm³/mol. The number of hydrogen-bond acceptors (Lipinski definition) is 2. The molecule has 5 nitrogen and oxygen atoms in total. The Morgan fingerprint density at radius 2 is 1.86 bits per heavy atom. The van der Waals surface area contributed by atoms with E-state index in [1.165, 1.54) is 19.3 Å². The summed E-state index contributed by atoms with van der Waals surface area (Å²) in [6, 6.07) is 0. The fraction of sp³-hybridized carbons (Fsp3) is 0.625. The van der Waals surface area contributed by atoms with E-state index in [1.54, 1.807) is 13.8 Å². The van der Waals surface area contributed by atoms with Crippen molar-refractivity contribution >= 4 is 11.9 Å². The SMILES string of the molecule is Cc1[nH]c(C(=O)O)c(C)c1C(=O)NCC1(C)CCCCC1. The maximum atomic E-state index is 12.4. The zero-order chi connectivity index (χ0) is 15.6. The van der Waals surface area contributed by atoms with Crippen LogP contribution in [0.15, 0.2) is 0 Å². The zero-order valence-corrected chi connectivity index (χ0v) is 13.0. The first-order valence-corrected chi connectivity index (χ1v) is 7.55. The van der Waals surface area contributed by atoms with E-state index >= 15 is 0 Å². The molecule has 0 aromatic carbocycles. The number of carbonyl (C=O) groups excluding carboxylic acids is 1. The van der Waals surface area contributed by atoms with Gasteiger partial charge >= 0.3 is 5.97 Å². The average Bonchev–Trinajstić information content (AvgIpc) is 2.73. The summed E-state index contributed by atoms with van der Waals surface area (Å²) in [4.78, 5) is 26.3. The third-order valence-electron chi connectivity index (χ3n) is 4.61. The monoisotopic (exact) mass is 292 g/mol. The Balaban J connectivity index is 2.09. The highest BCUT2D eigenvalue weighted by Crippen LogP contribution is 2.35. The number of rotatable bonds is 4. The highest BCUT2D eigenvalue weighted by Gasteiger charge is 2.28. The molecule has 1 fully saturated rings. The molecular weight excluding hydrogens is 268 g/mol. The number of aromatic amines is 1. The van der Waals surface area contributed by atoms with Gasteiger partial charge in [0.25, 0.3) is 5.91 Å². The Hall–Kier alpha value is -1.78. The molecule has 1 aromatic rings.